The molecule has 1 amide bonds. The van der Waals surface area contributed by atoms with Gasteiger partial charge in [0.05, 0.1) is 11.7 Å². The molecule has 4 heterocycles. The van der Waals surface area contributed by atoms with E-state index in [4.69, 9.17) is 0 Å². The summed E-state index contributed by atoms with van der Waals surface area (Å²) in [6.45, 7) is 1.78. The first-order valence-electron chi connectivity index (χ1n) is 8.23. The number of amides is 1. The van der Waals surface area contributed by atoms with Crippen molar-refractivity contribution < 1.29 is 4.79 Å². The van der Waals surface area contributed by atoms with Crippen LogP contribution in [-0.4, -0.2) is 34.6 Å². The lowest BCUT2D eigenvalue weighted by Crippen LogP contribution is -2.47. The van der Waals surface area contributed by atoms with Crippen molar-refractivity contribution in [2.45, 2.75) is 25.4 Å². The molecule has 138 valence electrons. The molecule has 0 radical (unpaired) electrons. The van der Waals surface area contributed by atoms with Gasteiger partial charge in [0.25, 0.3) is 5.56 Å². The van der Waals surface area contributed by atoms with E-state index in [2.05, 4.69) is 15.6 Å². The zero-order valence-corrected chi connectivity index (χ0v) is 16.4. The fourth-order valence-electron chi connectivity index (χ4n) is 3.10. The van der Waals surface area contributed by atoms with E-state index in [0.29, 0.717) is 10.2 Å². The average molecular weight is 411 g/mol. The minimum Gasteiger partial charge on any atom is -0.351 e. The lowest BCUT2D eigenvalue weighted by molar-refractivity contribution is -0.122. The van der Waals surface area contributed by atoms with Crippen LogP contribution in [-0.2, 0) is 11.3 Å². The largest absolute Gasteiger partial charge is 0.351 e. The molecule has 2 N–H and O–H groups in total. The van der Waals surface area contributed by atoms with E-state index >= 15 is 0 Å². The summed E-state index contributed by atoms with van der Waals surface area (Å²) in [6.07, 6.45) is 3.49. The van der Waals surface area contributed by atoms with Crippen LogP contribution in [0.4, 0.5) is 0 Å². The number of thiophene rings is 2. The van der Waals surface area contributed by atoms with Crippen molar-refractivity contribution >= 4 is 51.2 Å². The van der Waals surface area contributed by atoms with Crippen LogP contribution in [0.2, 0.25) is 0 Å². The Kier molecular flexibility index (Phi) is 6.08. The maximum atomic E-state index is 12.9. The number of piperidine rings is 1. The Morgan fingerprint density at radius 3 is 3.04 bits per heavy atom. The Hall–Kier alpha value is -1.74. The summed E-state index contributed by atoms with van der Waals surface area (Å²) < 4.78 is 1.40. The molecule has 0 aliphatic carbocycles. The molecule has 1 saturated heterocycles. The molecule has 1 aliphatic heterocycles. The van der Waals surface area contributed by atoms with Gasteiger partial charge in [0.1, 0.15) is 11.4 Å². The monoisotopic (exact) mass is 410 g/mol. The van der Waals surface area contributed by atoms with Gasteiger partial charge in [0, 0.05) is 28.4 Å². The summed E-state index contributed by atoms with van der Waals surface area (Å²) >= 11 is 3.05. The molecular weight excluding hydrogens is 392 g/mol. The molecule has 0 bridgehead atoms. The predicted molar refractivity (Wildman–Crippen MR) is 108 cm³/mol. The number of halogens is 1. The van der Waals surface area contributed by atoms with Crippen LogP contribution in [0, 0.1) is 0 Å². The second-order valence-corrected chi connectivity index (χ2v) is 7.90. The molecule has 3 aromatic rings. The van der Waals surface area contributed by atoms with Gasteiger partial charge >= 0.3 is 0 Å². The fourth-order valence-corrected chi connectivity index (χ4v) is 4.82. The Morgan fingerprint density at radius 2 is 2.31 bits per heavy atom. The van der Waals surface area contributed by atoms with Gasteiger partial charge in [-0.3, -0.25) is 14.2 Å². The minimum atomic E-state index is -0.161. The zero-order chi connectivity index (χ0) is 17.2. The molecule has 26 heavy (non-hydrogen) atoms. The molecule has 1 aliphatic rings. The number of aromatic nitrogens is 2. The second-order valence-electron chi connectivity index (χ2n) is 6.10. The average Bonchev–Trinajstić information content (AvgIpc) is 3.27. The minimum absolute atomic E-state index is 0. The summed E-state index contributed by atoms with van der Waals surface area (Å²) in [5.41, 5.74) is 0.741. The summed E-state index contributed by atoms with van der Waals surface area (Å²) in [7, 11) is 0. The molecule has 0 saturated carbocycles. The van der Waals surface area contributed by atoms with Crippen LogP contribution in [0.3, 0.4) is 0 Å². The first-order chi connectivity index (χ1) is 12.2. The van der Waals surface area contributed by atoms with E-state index in [0.717, 1.165) is 36.4 Å². The summed E-state index contributed by atoms with van der Waals surface area (Å²) in [5, 5.41) is 10.8. The Balaban J connectivity index is 0.00000196. The molecule has 3 aromatic heterocycles. The van der Waals surface area contributed by atoms with Gasteiger partial charge in [-0.2, -0.15) is 0 Å². The number of hydrogen-bond acceptors (Lipinski definition) is 6. The number of nitrogens with zero attached hydrogens (tertiary/aromatic N) is 2. The van der Waals surface area contributed by atoms with Crippen molar-refractivity contribution in [1.29, 1.82) is 0 Å². The third-order valence-electron chi connectivity index (χ3n) is 4.32. The van der Waals surface area contributed by atoms with E-state index in [1.807, 2.05) is 22.9 Å². The number of carbonyl (C=O) groups is 1. The van der Waals surface area contributed by atoms with Crippen LogP contribution in [0.15, 0.2) is 34.0 Å². The second kappa shape index (κ2) is 8.30. The van der Waals surface area contributed by atoms with Gasteiger partial charge in [0.2, 0.25) is 5.91 Å². The number of hydrogen-bond donors (Lipinski definition) is 2. The van der Waals surface area contributed by atoms with E-state index in [-0.39, 0.29) is 36.5 Å². The van der Waals surface area contributed by atoms with E-state index < -0.39 is 0 Å². The Morgan fingerprint density at radius 1 is 1.42 bits per heavy atom. The Bertz CT molecular complexity index is 945. The van der Waals surface area contributed by atoms with Crippen LogP contribution in [0.25, 0.3) is 20.7 Å². The SMILES string of the molecule is Cl.O=C(Cn1cnc2scc(-c3cccs3)c2c1=O)NC1CCCNC1. The molecule has 1 atom stereocenters. The summed E-state index contributed by atoms with van der Waals surface area (Å²) in [5.74, 6) is -0.148. The Labute approximate surface area is 164 Å². The van der Waals surface area contributed by atoms with Gasteiger partial charge in [-0.1, -0.05) is 6.07 Å². The first-order valence-corrected chi connectivity index (χ1v) is 9.99. The molecule has 6 nitrogen and oxygen atoms in total. The van der Waals surface area contributed by atoms with Crippen molar-refractivity contribution in [1.82, 2.24) is 20.2 Å². The number of fused-ring (bicyclic) bond motifs is 1. The van der Waals surface area contributed by atoms with Crippen LogP contribution in [0.1, 0.15) is 12.8 Å². The molecule has 0 aromatic carbocycles. The molecule has 9 heteroatoms. The van der Waals surface area contributed by atoms with Crippen LogP contribution >= 0.6 is 35.1 Å². The molecule has 4 rings (SSSR count). The first kappa shape index (κ1) is 19.0. The van der Waals surface area contributed by atoms with Crippen LogP contribution < -0.4 is 16.2 Å². The van der Waals surface area contributed by atoms with Gasteiger partial charge < -0.3 is 10.6 Å². The maximum absolute atomic E-state index is 12.9. The van der Waals surface area contributed by atoms with Crippen molar-refractivity contribution in [2.75, 3.05) is 13.1 Å². The standard InChI is InChI=1S/C17H18N4O2S2.ClH/c22-14(20-11-3-1-5-18-7-11)8-21-10-19-16-15(17(21)23)12(9-25-16)13-4-2-6-24-13;/h2,4,6,9-11,18H,1,3,5,7-8H2,(H,20,22);1H. The van der Waals surface area contributed by atoms with Crippen molar-refractivity contribution in [2.24, 2.45) is 0 Å². The zero-order valence-electron chi connectivity index (χ0n) is 13.9. The topological polar surface area (TPSA) is 76.0 Å². The normalized spacial score (nSPS) is 17.0. The summed E-state index contributed by atoms with van der Waals surface area (Å²) in [6, 6.07) is 4.09. The lowest BCUT2D eigenvalue weighted by Gasteiger charge is -2.23. The van der Waals surface area contributed by atoms with Gasteiger partial charge in [-0.05, 0) is 30.8 Å². The summed E-state index contributed by atoms with van der Waals surface area (Å²) in [4.78, 5) is 31.3. The maximum Gasteiger partial charge on any atom is 0.263 e. The van der Waals surface area contributed by atoms with E-state index in [1.165, 1.54) is 22.2 Å². The molecule has 1 fully saturated rings. The number of carbonyl (C=O) groups excluding carboxylic acids is 1. The highest BCUT2D eigenvalue weighted by atomic mass is 35.5. The van der Waals surface area contributed by atoms with Crippen molar-refractivity contribution in [3.8, 4) is 10.4 Å². The predicted octanol–water partition coefficient (Wildman–Crippen LogP) is 2.48. The van der Waals surface area contributed by atoms with Crippen molar-refractivity contribution in [3.63, 3.8) is 0 Å². The third kappa shape index (κ3) is 3.83. The highest BCUT2D eigenvalue weighted by Gasteiger charge is 2.18. The highest BCUT2D eigenvalue weighted by Crippen LogP contribution is 2.33. The molecular formula is C17H19ClN4O2S2. The van der Waals surface area contributed by atoms with Crippen LogP contribution in [0.5, 0.6) is 0 Å². The number of rotatable bonds is 4. The quantitative estimate of drug-likeness (QED) is 0.692. The van der Waals surface area contributed by atoms with Crippen molar-refractivity contribution in [3.05, 3.63) is 39.6 Å². The smallest absolute Gasteiger partial charge is 0.263 e. The number of nitrogens with one attached hydrogen (secondary N) is 2. The highest BCUT2D eigenvalue weighted by molar-refractivity contribution is 7.18. The molecule has 0 spiro atoms. The lowest BCUT2D eigenvalue weighted by atomic mass is 10.1. The molecule has 1 unspecified atom stereocenters. The van der Waals surface area contributed by atoms with E-state index in [1.54, 1.807) is 11.3 Å². The third-order valence-corrected chi connectivity index (χ3v) is 6.11. The van der Waals surface area contributed by atoms with E-state index in [9.17, 15) is 9.59 Å². The van der Waals surface area contributed by atoms with Gasteiger partial charge in [-0.25, -0.2) is 4.98 Å². The fraction of sp³-hybridized carbons (Fsp3) is 0.353. The van der Waals surface area contributed by atoms with Gasteiger partial charge in [-0.15, -0.1) is 35.1 Å². The van der Waals surface area contributed by atoms with Gasteiger partial charge in [0.15, 0.2) is 0 Å².